The molecule has 1 fully saturated rings. The van der Waals surface area contributed by atoms with Crippen molar-refractivity contribution in [2.75, 3.05) is 13.2 Å². The smallest absolute Gasteiger partial charge is 0.0955 e. The number of hydrogen-bond acceptors (Lipinski definition) is 3. The summed E-state index contributed by atoms with van der Waals surface area (Å²) in [5, 5.41) is 4.22. The molecule has 0 bridgehead atoms. The highest BCUT2D eigenvalue weighted by molar-refractivity contribution is 7.07. The van der Waals surface area contributed by atoms with Crippen LogP contribution in [0.2, 0.25) is 0 Å². The number of rotatable bonds is 5. The van der Waals surface area contributed by atoms with Crippen LogP contribution in [0, 0.1) is 5.92 Å². The summed E-state index contributed by atoms with van der Waals surface area (Å²) in [6, 6.07) is 2.11. The van der Waals surface area contributed by atoms with Crippen LogP contribution in [0.1, 0.15) is 43.8 Å². The molecule has 2 rings (SSSR count). The van der Waals surface area contributed by atoms with Crippen LogP contribution < -0.4 is 5.73 Å². The van der Waals surface area contributed by atoms with Gasteiger partial charge in [0.05, 0.1) is 12.7 Å². The van der Waals surface area contributed by atoms with Crippen LogP contribution in [-0.2, 0) is 4.74 Å². The largest absolute Gasteiger partial charge is 0.372 e. The molecule has 0 radical (unpaired) electrons. The molecule has 1 aromatic heterocycles. The summed E-state index contributed by atoms with van der Waals surface area (Å²) in [7, 11) is 0. The lowest BCUT2D eigenvalue weighted by atomic mass is 9.90. The zero-order chi connectivity index (χ0) is 11.2. The number of nitrogens with two attached hydrogens (primary N) is 1. The first kappa shape index (κ1) is 12.1. The first-order chi connectivity index (χ1) is 7.90. The van der Waals surface area contributed by atoms with Crippen LogP contribution in [0.15, 0.2) is 16.8 Å². The van der Waals surface area contributed by atoms with Crippen molar-refractivity contribution in [3.63, 3.8) is 0 Å². The van der Waals surface area contributed by atoms with E-state index in [9.17, 15) is 0 Å². The molecule has 0 saturated heterocycles. The van der Waals surface area contributed by atoms with E-state index in [1.807, 2.05) is 0 Å². The van der Waals surface area contributed by atoms with Crippen molar-refractivity contribution >= 4 is 11.3 Å². The van der Waals surface area contributed by atoms with Crippen molar-refractivity contribution in [2.24, 2.45) is 11.7 Å². The molecule has 1 atom stereocenters. The molecule has 1 saturated carbocycles. The summed E-state index contributed by atoms with van der Waals surface area (Å²) in [6.45, 7) is 1.47. The Balaban J connectivity index is 1.78. The third-order valence-corrected chi connectivity index (χ3v) is 4.09. The average molecular weight is 239 g/mol. The Morgan fingerprint density at radius 1 is 1.38 bits per heavy atom. The fourth-order valence-corrected chi connectivity index (χ4v) is 3.07. The van der Waals surface area contributed by atoms with Gasteiger partial charge in [-0.05, 0) is 41.1 Å². The predicted molar refractivity (Wildman–Crippen MR) is 68.6 cm³/mol. The van der Waals surface area contributed by atoms with Crippen molar-refractivity contribution in [1.29, 1.82) is 0 Å². The molecule has 0 aromatic carbocycles. The third-order valence-electron chi connectivity index (χ3n) is 3.39. The van der Waals surface area contributed by atoms with Gasteiger partial charge in [-0.15, -0.1) is 0 Å². The minimum atomic E-state index is 0.105. The molecule has 1 unspecified atom stereocenters. The summed E-state index contributed by atoms with van der Waals surface area (Å²) in [5.74, 6) is 0.765. The lowest BCUT2D eigenvalue weighted by Gasteiger charge is -2.24. The molecule has 1 aromatic rings. The zero-order valence-electron chi connectivity index (χ0n) is 9.73. The second kappa shape index (κ2) is 6.38. The molecule has 0 spiro atoms. The molecule has 3 heteroatoms. The summed E-state index contributed by atoms with van der Waals surface area (Å²) in [4.78, 5) is 0. The van der Waals surface area contributed by atoms with Gasteiger partial charge in [0.25, 0.3) is 0 Å². The quantitative estimate of drug-likeness (QED) is 0.855. The van der Waals surface area contributed by atoms with Crippen LogP contribution in [0.4, 0.5) is 0 Å². The lowest BCUT2D eigenvalue weighted by Crippen LogP contribution is -2.20. The minimum Gasteiger partial charge on any atom is -0.372 e. The molecule has 0 amide bonds. The van der Waals surface area contributed by atoms with Gasteiger partial charge in [-0.25, -0.2) is 0 Å². The Morgan fingerprint density at radius 2 is 2.19 bits per heavy atom. The highest BCUT2D eigenvalue weighted by Gasteiger charge is 2.17. The fourth-order valence-electron chi connectivity index (χ4n) is 2.36. The third kappa shape index (κ3) is 3.30. The number of hydrogen-bond donors (Lipinski definition) is 1. The van der Waals surface area contributed by atoms with Crippen LogP contribution in [0.5, 0.6) is 0 Å². The van der Waals surface area contributed by atoms with Crippen molar-refractivity contribution in [2.45, 2.75) is 38.2 Å². The Hall–Kier alpha value is -0.380. The van der Waals surface area contributed by atoms with Crippen LogP contribution in [0.3, 0.4) is 0 Å². The van der Waals surface area contributed by atoms with Crippen molar-refractivity contribution in [3.05, 3.63) is 22.4 Å². The lowest BCUT2D eigenvalue weighted by molar-refractivity contribution is 0.0249. The summed E-state index contributed by atoms with van der Waals surface area (Å²) < 4.78 is 5.96. The minimum absolute atomic E-state index is 0.105. The molecule has 90 valence electrons. The molecule has 2 nitrogen and oxygen atoms in total. The van der Waals surface area contributed by atoms with Gasteiger partial charge in [-0.1, -0.05) is 19.3 Å². The summed E-state index contributed by atoms with van der Waals surface area (Å²) in [5.41, 5.74) is 7.00. The first-order valence-corrected chi connectivity index (χ1v) is 7.18. The molecule has 16 heavy (non-hydrogen) atoms. The molecule has 0 aliphatic heterocycles. The number of thiophene rings is 1. The Morgan fingerprint density at radius 3 is 2.81 bits per heavy atom. The summed E-state index contributed by atoms with van der Waals surface area (Å²) >= 11 is 1.71. The van der Waals surface area contributed by atoms with E-state index in [0.717, 1.165) is 12.5 Å². The standard InChI is InChI=1S/C13H21NOS/c14-8-13(12-6-7-16-10-12)15-9-11-4-2-1-3-5-11/h6-7,10-11,13H,1-5,8-9,14H2. The average Bonchev–Trinajstić information content (AvgIpc) is 2.85. The highest BCUT2D eigenvalue weighted by atomic mass is 32.1. The van der Waals surface area contributed by atoms with Gasteiger partial charge in [0.2, 0.25) is 0 Å². The molecule has 1 heterocycles. The molecule has 1 aliphatic carbocycles. The second-order valence-electron chi connectivity index (χ2n) is 4.62. The second-order valence-corrected chi connectivity index (χ2v) is 5.40. The Labute approximate surface area is 102 Å². The highest BCUT2D eigenvalue weighted by Crippen LogP contribution is 2.26. The van der Waals surface area contributed by atoms with Gasteiger partial charge < -0.3 is 10.5 Å². The normalized spacial score (nSPS) is 19.8. The monoisotopic (exact) mass is 239 g/mol. The van der Waals surface area contributed by atoms with Crippen molar-refractivity contribution < 1.29 is 4.74 Å². The maximum atomic E-state index is 5.96. The van der Waals surface area contributed by atoms with Crippen LogP contribution >= 0.6 is 11.3 Å². The fraction of sp³-hybridized carbons (Fsp3) is 0.692. The van der Waals surface area contributed by atoms with E-state index >= 15 is 0 Å². The van der Waals surface area contributed by atoms with E-state index in [1.165, 1.54) is 37.7 Å². The van der Waals surface area contributed by atoms with Gasteiger partial charge >= 0.3 is 0 Å². The first-order valence-electron chi connectivity index (χ1n) is 6.24. The molecular weight excluding hydrogens is 218 g/mol. The van der Waals surface area contributed by atoms with E-state index in [0.29, 0.717) is 6.54 Å². The van der Waals surface area contributed by atoms with E-state index < -0.39 is 0 Å². The van der Waals surface area contributed by atoms with Crippen LogP contribution in [0.25, 0.3) is 0 Å². The van der Waals surface area contributed by atoms with E-state index in [-0.39, 0.29) is 6.10 Å². The van der Waals surface area contributed by atoms with Crippen molar-refractivity contribution in [3.8, 4) is 0 Å². The SMILES string of the molecule is NCC(OCC1CCCCC1)c1ccsc1. The van der Waals surface area contributed by atoms with E-state index in [1.54, 1.807) is 11.3 Å². The van der Waals surface area contributed by atoms with Gasteiger partial charge in [-0.3, -0.25) is 0 Å². The number of ether oxygens (including phenoxy) is 1. The van der Waals surface area contributed by atoms with E-state index in [2.05, 4.69) is 16.8 Å². The predicted octanol–water partition coefficient (Wildman–Crippen LogP) is 3.34. The topological polar surface area (TPSA) is 35.2 Å². The zero-order valence-corrected chi connectivity index (χ0v) is 10.5. The van der Waals surface area contributed by atoms with Gasteiger partial charge in [0.15, 0.2) is 0 Å². The van der Waals surface area contributed by atoms with E-state index in [4.69, 9.17) is 10.5 Å². The summed E-state index contributed by atoms with van der Waals surface area (Å²) in [6.07, 6.45) is 6.93. The van der Waals surface area contributed by atoms with Crippen molar-refractivity contribution in [1.82, 2.24) is 0 Å². The molecule has 2 N–H and O–H groups in total. The Kier molecular flexibility index (Phi) is 4.82. The van der Waals surface area contributed by atoms with Gasteiger partial charge in [-0.2, -0.15) is 11.3 Å². The van der Waals surface area contributed by atoms with Gasteiger partial charge in [0, 0.05) is 6.54 Å². The van der Waals surface area contributed by atoms with Crippen LogP contribution in [-0.4, -0.2) is 13.2 Å². The van der Waals surface area contributed by atoms with Gasteiger partial charge in [0.1, 0.15) is 0 Å². The molecule has 1 aliphatic rings. The molecular formula is C13H21NOS. The maximum Gasteiger partial charge on any atom is 0.0955 e. The maximum absolute atomic E-state index is 5.96. The Bertz CT molecular complexity index is 280.